The van der Waals surface area contributed by atoms with E-state index in [1.807, 2.05) is 28.9 Å². The maximum absolute atomic E-state index is 12.4. The Morgan fingerprint density at radius 2 is 2.35 bits per heavy atom. The van der Waals surface area contributed by atoms with Crippen LogP contribution in [0.3, 0.4) is 0 Å². The summed E-state index contributed by atoms with van der Waals surface area (Å²) in [6.45, 7) is 3.58. The molecule has 0 aliphatic carbocycles. The highest BCUT2D eigenvalue weighted by molar-refractivity contribution is 5.79. The van der Waals surface area contributed by atoms with Crippen molar-refractivity contribution in [3.63, 3.8) is 0 Å². The van der Waals surface area contributed by atoms with E-state index in [0.717, 1.165) is 43.1 Å². The number of ether oxygens (including phenoxy) is 1. The van der Waals surface area contributed by atoms with Crippen molar-refractivity contribution in [2.45, 2.75) is 26.1 Å². The standard InChI is InChI=1S/C17H20N4O2/c22-17(13-7-12-3-1-2-4-16(12)23-11-13)19-9-14-8-15-10-18-5-6-21(15)20-14/h1-4,8,13,18H,5-7,9-11H2,(H,19,22)/t13-/m1/s1. The largest absolute Gasteiger partial charge is 0.492 e. The minimum Gasteiger partial charge on any atom is -0.492 e. The van der Waals surface area contributed by atoms with Crippen molar-refractivity contribution in [2.24, 2.45) is 5.92 Å². The van der Waals surface area contributed by atoms with E-state index < -0.39 is 0 Å². The molecular formula is C17H20N4O2. The Hall–Kier alpha value is -2.34. The van der Waals surface area contributed by atoms with Gasteiger partial charge in [-0.05, 0) is 24.1 Å². The van der Waals surface area contributed by atoms with Crippen molar-refractivity contribution >= 4 is 5.91 Å². The number of benzene rings is 1. The van der Waals surface area contributed by atoms with E-state index in [-0.39, 0.29) is 11.8 Å². The third-order valence-electron chi connectivity index (χ3n) is 4.41. The maximum Gasteiger partial charge on any atom is 0.227 e. The molecule has 0 unspecified atom stereocenters. The summed E-state index contributed by atoms with van der Waals surface area (Å²) in [6.07, 6.45) is 0.728. The number of carbonyl (C=O) groups is 1. The number of hydrogen-bond acceptors (Lipinski definition) is 4. The van der Waals surface area contributed by atoms with Crippen molar-refractivity contribution in [2.75, 3.05) is 13.2 Å². The zero-order valence-electron chi connectivity index (χ0n) is 12.9. The molecule has 23 heavy (non-hydrogen) atoms. The van der Waals surface area contributed by atoms with Gasteiger partial charge in [0.2, 0.25) is 5.91 Å². The van der Waals surface area contributed by atoms with Gasteiger partial charge in [0.15, 0.2) is 0 Å². The Kier molecular flexibility index (Phi) is 3.75. The summed E-state index contributed by atoms with van der Waals surface area (Å²) in [5.74, 6) is 0.790. The van der Waals surface area contributed by atoms with Crippen molar-refractivity contribution in [3.8, 4) is 5.75 Å². The molecule has 0 bridgehead atoms. The van der Waals surface area contributed by atoms with E-state index in [1.54, 1.807) is 0 Å². The molecule has 1 amide bonds. The molecule has 0 saturated carbocycles. The smallest absolute Gasteiger partial charge is 0.227 e. The van der Waals surface area contributed by atoms with Gasteiger partial charge in [-0.3, -0.25) is 9.48 Å². The highest BCUT2D eigenvalue weighted by atomic mass is 16.5. The van der Waals surface area contributed by atoms with E-state index in [1.165, 1.54) is 5.69 Å². The van der Waals surface area contributed by atoms with Crippen LogP contribution in [-0.4, -0.2) is 28.8 Å². The Balaban J connectivity index is 1.36. The molecular weight excluding hydrogens is 292 g/mol. The zero-order chi connectivity index (χ0) is 15.6. The second-order valence-corrected chi connectivity index (χ2v) is 6.06. The first-order valence-electron chi connectivity index (χ1n) is 8.04. The Bertz CT molecular complexity index is 702. The maximum atomic E-state index is 12.4. The molecule has 0 spiro atoms. The Morgan fingerprint density at radius 3 is 3.26 bits per heavy atom. The molecule has 120 valence electrons. The summed E-state index contributed by atoms with van der Waals surface area (Å²) in [6, 6.07) is 9.96. The van der Waals surface area contributed by atoms with Gasteiger partial charge < -0.3 is 15.4 Å². The van der Waals surface area contributed by atoms with Gasteiger partial charge in [0, 0.05) is 13.1 Å². The number of rotatable bonds is 3. The first-order valence-corrected chi connectivity index (χ1v) is 8.04. The number of carbonyl (C=O) groups excluding carboxylic acids is 1. The van der Waals surface area contributed by atoms with Crippen LogP contribution in [-0.2, 0) is 30.8 Å². The van der Waals surface area contributed by atoms with Crippen molar-refractivity contribution < 1.29 is 9.53 Å². The summed E-state index contributed by atoms with van der Waals surface area (Å²) in [5, 5.41) is 10.8. The molecule has 2 aliphatic heterocycles. The summed E-state index contributed by atoms with van der Waals surface area (Å²) in [7, 11) is 0. The van der Waals surface area contributed by atoms with Gasteiger partial charge in [0.05, 0.1) is 30.4 Å². The number of para-hydroxylation sites is 1. The quantitative estimate of drug-likeness (QED) is 0.882. The minimum atomic E-state index is -0.135. The van der Waals surface area contributed by atoms with Crippen molar-refractivity contribution in [3.05, 3.63) is 47.3 Å². The molecule has 2 aromatic rings. The highest BCUT2D eigenvalue weighted by Gasteiger charge is 2.25. The van der Waals surface area contributed by atoms with Gasteiger partial charge in [-0.2, -0.15) is 5.10 Å². The second-order valence-electron chi connectivity index (χ2n) is 6.06. The second kappa shape index (κ2) is 6.04. The van der Waals surface area contributed by atoms with E-state index in [9.17, 15) is 4.79 Å². The summed E-state index contributed by atoms with van der Waals surface area (Å²) < 4.78 is 7.70. The fourth-order valence-corrected chi connectivity index (χ4v) is 3.16. The molecule has 0 saturated heterocycles. The van der Waals surface area contributed by atoms with Gasteiger partial charge in [0.25, 0.3) is 0 Å². The third-order valence-corrected chi connectivity index (χ3v) is 4.41. The molecule has 3 heterocycles. The number of amides is 1. The lowest BCUT2D eigenvalue weighted by Crippen LogP contribution is -2.37. The lowest BCUT2D eigenvalue weighted by molar-refractivity contribution is -0.126. The predicted molar refractivity (Wildman–Crippen MR) is 84.9 cm³/mol. The van der Waals surface area contributed by atoms with E-state index in [4.69, 9.17) is 4.74 Å². The average Bonchev–Trinajstić information content (AvgIpc) is 3.02. The van der Waals surface area contributed by atoms with Crippen LogP contribution in [0.15, 0.2) is 30.3 Å². The van der Waals surface area contributed by atoms with Crippen LogP contribution in [0.5, 0.6) is 5.75 Å². The van der Waals surface area contributed by atoms with Crippen LogP contribution in [0.4, 0.5) is 0 Å². The summed E-state index contributed by atoms with van der Waals surface area (Å²) >= 11 is 0. The molecule has 6 nitrogen and oxygen atoms in total. The Morgan fingerprint density at radius 1 is 1.43 bits per heavy atom. The SMILES string of the molecule is O=C(NCc1cc2n(n1)CCNC2)[C@H]1COc2ccccc2C1. The third kappa shape index (κ3) is 2.94. The molecule has 1 aromatic heterocycles. The van der Waals surface area contributed by atoms with Crippen LogP contribution < -0.4 is 15.4 Å². The van der Waals surface area contributed by atoms with Crippen LogP contribution in [0.2, 0.25) is 0 Å². The van der Waals surface area contributed by atoms with Crippen molar-refractivity contribution in [1.29, 1.82) is 0 Å². The van der Waals surface area contributed by atoms with Gasteiger partial charge in [-0.1, -0.05) is 18.2 Å². The molecule has 2 aliphatic rings. The fourth-order valence-electron chi connectivity index (χ4n) is 3.16. The van der Waals surface area contributed by atoms with E-state index in [0.29, 0.717) is 13.2 Å². The minimum absolute atomic E-state index is 0.0311. The first kappa shape index (κ1) is 14.3. The Labute approximate surface area is 134 Å². The topological polar surface area (TPSA) is 68.2 Å². The molecule has 2 N–H and O–H groups in total. The van der Waals surface area contributed by atoms with Gasteiger partial charge >= 0.3 is 0 Å². The predicted octanol–water partition coefficient (Wildman–Crippen LogP) is 0.854. The highest BCUT2D eigenvalue weighted by Crippen LogP contribution is 2.26. The van der Waals surface area contributed by atoms with Crippen LogP contribution in [0.1, 0.15) is 17.0 Å². The van der Waals surface area contributed by atoms with Crippen molar-refractivity contribution in [1.82, 2.24) is 20.4 Å². The van der Waals surface area contributed by atoms with Gasteiger partial charge in [0.1, 0.15) is 12.4 Å². The lowest BCUT2D eigenvalue weighted by atomic mass is 9.96. The van der Waals surface area contributed by atoms with Crippen LogP contribution in [0.25, 0.3) is 0 Å². The number of fused-ring (bicyclic) bond motifs is 2. The van der Waals surface area contributed by atoms with Gasteiger partial charge in [-0.25, -0.2) is 0 Å². The summed E-state index contributed by atoms with van der Waals surface area (Å²) in [4.78, 5) is 12.4. The zero-order valence-corrected chi connectivity index (χ0v) is 12.9. The average molecular weight is 312 g/mol. The number of aromatic nitrogens is 2. The molecule has 4 rings (SSSR count). The lowest BCUT2D eigenvalue weighted by Gasteiger charge is -2.24. The molecule has 6 heteroatoms. The molecule has 0 fully saturated rings. The summed E-state index contributed by atoms with van der Waals surface area (Å²) in [5.41, 5.74) is 3.19. The molecule has 1 atom stereocenters. The van der Waals surface area contributed by atoms with Crippen LogP contribution in [0, 0.1) is 5.92 Å². The number of nitrogens with zero attached hydrogens (tertiary/aromatic N) is 2. The normalized spacial score (nSPS) is 19.4. The van der Waals surface area contributed by atoms with E-state index >= 15 is 0 Å². The van der Waals surface area contributed by atoms with Crippen LogP contribution >= 0.6 is 0 Å². The van der Waals surface area contributed by atoms with E-state index in [2.05, 4.69) is 21.8 Å². The monoisotopic (exact) mass is 312 g/mol. The number of nitrogens with one attached hydrogen (secondary N) is 2. The molecule has 1 aromatic carbocycles. The number of hydrogen-bond donors (Lipinski definition) is 2. The molecule has 0 radical (unpaired) electrons. The fraction of sp³-hybridized carbons (Fsp3) is 0.412. The van der Waals surface area contributed by atoms with Gasteiger partial charge in [-0.15, -0.1) is 0 Å². The first-order chi connectivity index (χ1) is 11.3.